The lowest BCUT2D eigenvalue weighted by molar-refractivity contribution is -0.126. The van der Waals surface area contributed by atoms with Gasteiger partial charge in [-0.05, 0) is 6.42 Å². The van der Waals surface area contributed by atoms with E-state index in [-0.39, 0.29) is 18.7 Å². The monoisotopic (exact) mass is 179 g/mol. The molecule has 1 aliphatic rings. The van der Waals surface area contributed by atoms with Gasteiger partial charge in [-0.1, -0.05) is 0 Å². The molecule has 0 aromatic carbocycles. The minimum Gasteiger partial charge on any atom is -0.412 e. The van der Waals surface area contributed by atoms with Crippen molar-refractivity contribution in [1.82, 2.24) is 4.90 Å². The normalized spacial score (nSPS) is 14.9. The second kappa shape index (κ2) is 8.45. The average molecular weight is 179 g/mol. The average Bonchev–Trinajstić information content (AvgIpc) is 2.37. The second-order valence-corrected chi connectivity index (χ2v) is 2.37. The SMILES string of the molecule is CN1CCCC1=O.O.OCCO. The number of carbonyl (C=O) groups is 1. The Morgan fingerprint density at radius 3 is 2.00 bits per heavy atom. The third-order valence-electron chi connectivity index (χ3n) is 1.41. The molecule has 1 saturated heterocycles. The van der Waals surface area contributed by atoms with Gasteiger partial charge in [0.15, 0.2) is 0 Å². The molecule has 1 amide bonds. The van der Waals surface area contributed by atoms with Crippen LogP contribution in [0.3, 0.4) is 0 Å². The largest absolute Gasteiger partial charge is 0.412 e. The number of likely N-dealkylation sites (tertiary alicyclic amines) is 1. The van der Waals surface area contributed by atoms with Gasteiger partial charge >= 0.3 is 0 Å². The third-order valence-corrected chi connectivity index (χ3v) is 1.41. The lowest BCUT2D eigenvalue weighted by Crippen LogP contribution is -2.17. The van der Waals surface area contributed by atoms with Gasteiger partial charge in [0.25, 0.3) is 0 Å². The van der Waals surface area contributed by atoms with Crippen molar-refractivity contribution in [2.45, 2.75) is 12.8 Å². The fourth-order valence-corrected chi connectivity index (χ4v) is 0.783. The van der Waals surface area contributed by atoms with Crippen LogP contribution in [0.1, 0.15) is 12.8 Å². The van der Waals surface area contributed by atoms with E-state index < -0.39 is 0 Å². The van der Waals surface area contributed by atoms with Gasteiger partial charge in [-0.15, -0.1) is 0 Å². The smallest absolute Gasteiger partial charge is 0.222 e. The number of aliphatic hydroxyl groups is 2. The Kier molecular flexibility index (Phi) is 9.79. The molecule has 5 nitrogen and oxygen atoms in total. The van der Waals surface area contributed by atoms with Gasteiger partial charge in [0.05, 0.1) is 13.2 Å². The van der Waals surface area contributed by atoms with Crippen molar-refractivity contribution in [3.8, 4) is 0 Å². The van der Waals surface area contributed by atoms with E-state index in [1.165, 1.54) is 0 Å². The number of hydrogen-bond acceptors (Lipinski definition) is 3. The van der Waals surface area contributed by atoms with Gasteiger partial charge in [0, 0.05) is 20.0 Å². The van der Waals surface area contributed by atoms with E-state index >= 15 is 0 Å². The van der Waals surface area contributed by atoms with Gasteiger partial charge in [0.2, 0.25) is 5.91 Å². The maximum absolute atomic E-state index is 10.5. The highest BCUT2D eigenvalue weighted by atomic mass is 16.3. The summed E-state index contributed by atoms with van der Waals surface area (Å²) in [5, 5.41) is 15.2. The van der Waals surface area contributed by atoms with Crippen molar-refractivity contribution in [2.24, 2.45) is 0 Å². The Labute approximate surface area is 71.9 Å². The number of hydrogen-bond donors (Lipinski definition) is 2. The first kappa shape index (κ1) is 13.9. The van der Waals surface area contributed by atoms with Gasteiger partial charge < -0.3 is 20.6 Å². The topological polar surface area (TPSA) is 92.3 Å². The molecule has 0 atom stereocenters. The number of amides is 1. The maximum Gasteiger partial charge on any atom is 0.222 e. The molecule has 5 heteroatoms. The number of aliphatic hydroxyl groups excluding tert-OH is 2. The molecule has 0 aromatic heterocycles. The highest BCUT2D eigenvalue weighted by molar-refractivity contribution is 5.77. The Morgan fingerprint density at radius 1 is 1.42 bits per heavy atom. The Hall–Kier alpha value is -0.650. The molecule has 0 radical (unpaired) electrons. The van der Waals surface area contributed by atoms with Crippen LogP contribution >= 0.6 is 0 Å². The summed E-state index contributed by atoms with van der Waals surface area (Å²) in [4.78, 5) is 12.3. The molecule has 1 heterocycles. The zero-order valence-electron chi connectivity index (χ0n) is 7.29. The molecule has 1 rings (SSSR count). The highest BCUT2D eigenvalue weighted by Crippen LogP contribution is 2.04. The number of rotatable bonds is 1. The quantitative estimate of drug-likeness (QED) is 0.507. The van der Waals surface area contributed by atoms with E-state index in [2.05, 4.69) is 0 Å². The van der Waals surface area contributed by atoms with Crippen LogP contribution in [0.2, 0.25) is 0 Å². The van der Waals surface area contributed by atoms with Crippen LogP contribution in [0.25, 0.3) is 0 Å². The molecule has 0 aliphatic carbocycles. The fourth-order valence-electron chi connectivity index (χ4n) is 0.783. The predicted molar refractivity (Wildman–Crippen MR) is 44.7 cm³/mol. The van der Waals surface area contributed by atoms with Crippen LogP contribution in [-0.2, 0) is 4.79 Å². The molecule has 4 N–H and O–H groups in total. The summed E-state index contributed by atoms with van der Waals surface area (Å²) >= 11 is 0. The van der Waals surface area contributed by atoms with Crippen molar-refractivity contribution in [2.75, 3.05) is 26.8 Å². The number of nitrogens with zero attached hydrogens (tertiary/aromatic N) is 1. The second-order valence-electron chi connectivity index (χ2n) is 2.37. The van der Waals surface area contributed by atoms with E-state index in [1.54, 1.807) is 4.90 Å². The minimum atomic E-state index is -0.125. The van der Waals surface area contributed by atoms with Gasteiger partial charge in [-0.3, -0.25) is 4.79 Å². The zero-order valence-corrected chi connectivity index (χ0v) is 7.29. The molecule has 0 aromatic rings. The van der Waals surface area contributed by atoms with E-state index in [0.717, 1.165) is 19.4 Å². The molecule has 0 unspecified atom stereocenters. The Balaban J connectivity index is 0. The summed E-state index contributed by atoms with van der Waals surface area (Å²) in [6, 6.07) is 0. The van der Waals surface area contributed by atoms with E-state index in [9.17, 15) is 4.79 Å². The van der Waals surface area contributed by atoms with Crippen molar-refractivity contribution in [1.29, 1.82) is 0 Å². The fraction of sp³-hybridized carbons (Fsp3) is 0.857. The minimum absolute atomic E-state index is 0. The van der Waals surface area contributed by atoms with Gasteiger partial charge in [-0.2, -0.15) is 0 Å². The Bertz CT molecular complexity index is 116. The molecule has 12 heavy (non-hydrogen) atoms. The van der Waals surface area contributed by atoms with Crippen molar-refractivity contribution >= 4 is 5.91 Å². The van der Waals surface area contributed by atoms with Crippen LogP contribution in [0, 0.1) is 0 Å². The standard InChI is InChI=1S/C5H9NO.C2H6O2.H2O/c1-6-4-2-3-5(6)7;3-1-2-4;/h2-4H2,1H3;3-4H,1-2H2;1H2. The first-order valence-electron chi connectivity index (χ1n) is 3.68. The third kappa shape index (κ3) is 6.09. The molecular formula is C7H17NO4. The molecule has 1 aliphatic heterocycles. The molecular weight excluding hydrogens is 162 g/mol. The molecule has 0 saturated carbocycles. The zero-order chi connectivity index (χ0) is 8.69. The summed E-state index contributed by atoms with van der Waals surface area (Å²) in [5.41, 5.74) is 0. The predicted octanol–water partition coefficient (Wildman–Crippen LogP) is -1.62. The van der Waals surface area contributed by atoms with Gasteiger partial charge in [-0.25, -0.2) is 0 Å². The summed E-state index contributed by atoms with van der Waals surface area (Å²) in [7, 11) is 1.84. The number of carbonyl (C=O) groups excluding carboxylic acids is 1. The first-order chi connectivity index (χ1) is 5.22. The van der Waals surface area contributed by atoms with Crippen LogP contribution < -0.4 is 0 Å². The van der Waals surface area contributed by atoms with E-state index in [0.29, 0.717) is 5.91 Å². The van der Waals surface area contributed by atoms with Crippen molar-refractivity contribution in [3.05, 3.63) is 0 Å². The van der Waals surface area contributed by atoms with Gasteiger partial charge in [0.1, 0.15) is 0 Å². The summed E-state index contributed by atoms with van der Waals surface area (Å²) in [5.74, 6) is 0.292. The molecule has 0 spiro atoms. The lowest BCUT2D eigenvalue weighted by atomic mass is 10.4. The maximum atomic E-state index is 10.5. The van der Waals surface area contributed by atoms with E-state index in [1.807, 2.05) is 7.05 Å². The lowest BCUT2D eigenvalue weighted by Gasteiger charge is -2.03. The Morgan fingerprint density at radius 2 is 1.92 bits per heavy atom. The molecule has 74 valence electrons. The van der Waals surface area contributed by atoms with Crippen LogP contribution in [0.4, 0.5) is 0 Å². The highest BCUT2D eigenvalue weighted by Gasteiger charge is 2.14. The van der Waals surface area contributed by atoms with Crippen molar-refractivity contribution < 1.29 is 20.5 Å². The summed E-state index contributed by atoms with van der Waals surface area (Å²) < 4.78 is 0. The molecule has 1 fully saturated rings. The van der Waals surface area contributed by atoms with Crippen LogP contribution in [0.15, 0.2) is 0 Å². The molecule has 0 bridgehead atoms. The van der Waals surface area contributed by atoms with E-state index in [4.69, 9.17) is 10.2 Å². The van der Waals surface area contributed by atoms with Crippen LogP contribution in [-0.4, -0.2) is 53.3 Å². The van der Waals surface area contributed by atoms with Crippen LogP contribution in [0.5, 0.6) is 0 Å². The first-order valence-corrected chi connectivity index (χ1v) is 3.68. The summed E-state index contributed by atoms with van der Waals surface area (Å²) in [6.07, 6.45) is 1.81. The van der Waals surface area contributed by atoms with Crippen molar-refractivity contribution in [3.63, 3.8) is 0 Å². The summed E-state index contributed by atoms with van der Waals surface area (Å²) in [6.45, 7) is 0.707.